The number of methoxy groups -OCH3 is 1. The number of carbonyl (C=O) groups excluding carboxylic acids is 1. The molecule has 6 nitrogen and oxygen atoms in total. The number of halogens is 2. The Labute approximate surface area is 143 Å². The Bertz CT molecular complexity index is 743. The van der Waals surface area contributed by atoms with Crippen LogP contribution in [0.1, 0.15) is 47.1 Å². The third-order valence-corrected chi connectivity index (χ3v) is 3.43. The smallest absolute Gasteiger partial charge is 0.387 e. The summed E-state index contributed by atoms with van der Waals surface area (Å²) in [6.07, 6.45) is 0. The molecule has 1 heterocycles. The summed E-state index contributed by atoms with van der Waals surface area (Å²) in [6.45, 7) is 2.40. The van der Waals surface area contributed by atoms with Gasteiger partial charge in [0, 0.05) is 5.92 Å². The van der Waals surface area contributed by atoms with Gasteiger partial charge in [0.15, 0.2) is 17.3 Å². The van der Waals surface area contributed by atoms with E-state index in [2.05, 4.69) is 9.89 Å². The molecule has 0 fully saturated rings. The standard InChI is InChI=1S/C17H19F2NO5/c1-9(2)15-14(10(3)20-25-15)16(21)23-8-11-5-6-12(24-17(18)19)13(7-11)22-4/h5-7,9,17H,8H2,1-4H3. The minimum Gasteiger partial charge on any atom is -0.493 e. The molecule has 1 aromatic carbocycles. The number of benzene rings is 1. The van der Waals surface area contributed by atoms with Crippen molar-refractivity contribution < 1.29 is 32.3 Å². The maximum absolute atomic E-state index is 12.3. The van der Waals surface area contributed by atoms with E-state index in [1.54, 1.807) is 6.92 Å². The first-order valence-corrected chi connectivity index (χ1v) is 7.58. The number of aromatic nitrogens is 1. The highest BCUT2D eigenvalue weighted by atomic mass is 19.3. The van der Waals surface area contributed by atoms with Crippen LogP contribution in [0, 0.1) is 6.92 Å². The van der Waals surface area contributed by atoms with Crippen molar-refractivity contribution in [1.29, 1.82) is 0 Å². The van der Waals surface area contributed by atoms with Gasteiger partial charge in [-0.3, -0.25) is 0 Å². The van der Waals surface area contributed by atoms with Crippen LogP contribution >= 0.6 is 0 Å². The van der Waals surface area contributed by atoms with Crippen LogP contribution in [0.3, 0.4) is 0 Å². The van der Waals surface area contributed by atoms with Gasteiger partial charge >= 0.3 is 12.6 Å². The summed E-state index contributed by atoms with van der Waals surface area (Å²) in [6, 6.07) is 4.31. The lowest BCUT2D eigenvalue weighted by atomic mass is 10.1. The minimum absolute atomic E-state index is 0.0189. The van der Waals surface area contributed by atoms with E-state index in [1.807, 2.05) is 13.8 Å². The average Bonchev–Trinajstić information content (AvgIpc) is 2.95. The molecule has 0 radical (unpaired) electrons. The molecule has 0 aliphatic carbocycles. The molecule has 0 amide bonds. The Morgan fingerprint density at radius 3 is 2.60 bits per heavy atom. The lowest BCUT2D eigenvalue weighted by molar-refractivity contribution is -0.0512. The summed E-state index contributed by atoms with van der Waals surface area (Å²) >= 11 is 0. The van der Waals surface area contributed by atoms with E-state index in [0.29, 0.717) is 22.6 Å². The third-order valence-electron chi connectivity index (χ3n) is 3.43. The van der Waals surface area contributed by atoms with Gasteiger partial charge in [0.1, 0.15) is 12.2 Å². The second kappa shape index (κ2) is 7.96. The van der Waals surface area contributed by atoms with Crippen LogP contribution in [0.2, 0.25) is 0 Å². The number of nitrogens with zero attached hydrogens (tertiary/aromatic N) is 1. The van der Waals surface area contributed by atoms with Crippen molar-refractivity contribution in [1.82, 2.24) is 5.16 Å². The number of hydrogen-bond donors (Lipinski definition) is 0. The molecule has 2 aromatic rings. The Kier molecular flexibility index (Phi) is 5.95. The summed E-state index contributed by atoms with van der Waals surface area (Å²) in [5.41, 5.74) is 1.32. The molecule has 2 rings (SSSR count). The zero-order valence-corrected chi connectivity index (χ0v) is 14.3. The van der Waals surface area contributed by atoms with Gasteiger partial charge in [-0.1, -0.05) is 25.1 Å². The van der Waals surface area contributed by atoms with Crippen LogP contribution in [0.15, 0.2) is 22.7 Å². The van der Waals surface area contributed by atoms with E-state index in [-0.39, 0.29) is 24.0 Å². The Hall–Kier alpha value is -2.64. The molecule has 0 saturated carbocycles. The first-order valence-electron chi connectivity index (χ1n) is 7.58. The van der Waals surface area contributed by atoms with Crippen LogP contribution < -0.4 is 9.47 Å². The summed E-state index contributed by atoms with van der Waals surface area (Å²) in [5.74, 6) is -0.0906. The molecule has 0 spiro atoms. The van der Waals surface area contributed by atoms with Crippen molar-refractivity contribution in [3.8, 4) is 11.5 Å². The summed E-state index contributed by atoms with van der Waals surface area (Å²) in [7, 11) is 1.33. The van der Waals surface area contributed by atoms with Crippen LogP contribution in [-0.2, 0) is 11.3 Å². The Morgan fingerprint density at radius 1 is 1.28 bits per heavy atom. The predicted molar refractivity (Wildman–Crippen MR) is 84.1 cm³/mol. The molecule has 136 valence electrons. The molecule has 0 bridgehead atoms. The van der Waals surface area contributed by atoms with Crippen LogP contribution in [0.5, 0.6) is 11.5 Å². The number of carbonyl (C=O) groups is 1. The van der Waals surface area contributed by atoms with Gasteiger partial charge < -0.3 is 18.7 Å². The lowest BCUT2D eigenvalue weighted by Gasteiger charge is -2.12. The van der Waals surface area contributed by atoms with Gasteiger partial charge in [-0.2, -0.15) is 8.78 Å². The molecule has 0 unspecified atom stereocenters. The molecule has 0 saturated heterocycles. The van der Waals surface area contributed by atoms with Crippen molar-refractivity contribution in [2.24, 2.45) is 0 Å². The first kappa shape index (κ1) is 18.7. The zero-order valence-electron chi connectivity index (χ0n) is 14.3. The molecule has 1 aromatic heterocycles. The minimum atomic E-state index is -2.96. The fourth-order valence-electron chi connectivity index (χ4n) is 2.25. The van der Waals surface area contributed by atoms with Crippen molar-refractivity contribution in [3.05, 3.63) is 40.8 Å². The van der Waals surface area contributed by atoms with Crippen molar-refractivity contribution >= 4 is 5.97 Å². The monoisotopic (exact) mass is 355 g/mol. The van der Waals surface area contributed by atoms with Gasteiger partial charge in [0.25, 0.3) is 0 Å². The molecule has 0 atom stereocenters. The zero-order chi connectivity index (χ0) is 18.6. The first-order chi connectivity index (χ1) is 11.8. The number of esters is 1. The highest BCUT2D eigenvalue weighted by Crippen LogP contribution is 2.30. The molecule has 0 aliphatic heterocycles. The van der Waals surface area contributed by atoms with E-state index in [9.17, 15) is 13.6 Å². The molecule has 0 N–H and O–H groups in total. The topological polar surface area (TPSA) is 70.8 Å². The van der Waals surface area contributed by atoms with Gasteiger partial charge in [-0.15, -0.1) is 0 Å². The van der Waals surface area contributed by atoms with Gasteiger partial charge in [-0.25, -0.2) is 4.79 Å². The highest BCUT2D eigenvalue weighted by molar-refractivity contribution is 5.91. The van der Waals surface area contributed by atoms with E-state index >= 15 is 0 Å². The SMILES string of the molecule is COc1cc(COC(=O)c2c(C)noc2C(C)C)ccc1OC(F)F. The van der Waals surface area contributed by atoms with Gasteiger partial charge in [0.2, 0.25) is 0 Å². The molecule has 0 aliphatic rings. The summed E-state index contributed by atoms with van der Waals surface area (Å²) in [4.78, 5) is 12.3. The van der Waals surface area contributed by atoms with Crippen molar-refractivity contribution in [2.75, 3.05) is 7.11 Å². The number of ether oxygens (including phenoxy) is 3. The van der Waals surface area contributed by atoms with Crippen LogP contribution in [-0.4, -0.2) is 24.8 Å². The third kappa shape index (κ3) is 4.46. The Morgan fingerprint density at radius 2 is 2.00 bits per heavy atom. The van der Waals surface area contributed by atoms with E-state index in [0.717, 1.165) is 0 Å². The second-order valence-electron chi connectivity index (χ2n) is 5.60. The van der Waals surface area contributed by atoms with Crippen molar-refractivity contribution in [2.45, 2.75) is 39.9 Å². The maximum Gasteiger partial charge on any atom is 0.387 e. The van der Waals surface area contributed by atoms with Gasteiger partial charge in [-0.05, 0) is 24.6 Å². The maximum atomic E-state index is 12.3. The quantitative estimate of drug-likeness (QED) is 0.697. The normalized spacial score (nSPS) is 11.0. The van der Waals surface area contributed by atoms with Crippen LogP contribution in [0.25, 0.3) is 0 Å². The second-order valence-corrected chi connectivity index (χ2v) is 5.60. The molecular formula is C17H19F2NO5. The molecular weight excluding hydrogens is 336 g/mol. The van der Waals surface area contributed by atoms with Crippen molar-refractivity contribution in [3.63, 3.8) is 0 Å². The average molecular weight is 355 g/mol. The highest BCUT2D eigenvalue weighted by Gasteiger charge is 2.24. The fraction of sp³-hybridized carbons (Fsp3) is 0.412. The van der Waals surface area contributed by atoms with Crippen LogP contribution in [0.4, 0.5) is 8.78 Å². The molecule has 8 heteroatoms. The number of alkyl halides is 2. The number of aryl methyl sites for hydroxylation is 1. The Balaban J connectivity index is 2.11. The lowest BCUT2D eigenvalue weighted by Crippen LogP contribution is -2.09. The van der Waals surface area contributed by atoms with Gasteiger partial charge in [0.05, 0.1) is 12.8 Å². The number of rotatable bonds is 7. The molecule has 25 heavy (non-hydrogen) atoms. The predicted octanol–water partition coefficient (Wildman–Crippen LogP) is 4.07. The number of hydrogen-bond acceptors (Lipinski definition) is 6. The van der Waals surface area contributed by atoms with E-state index in [4.69, 9.17) is 14.0 Å². The fourth-order valence-corrected chi connectivity index (χ4v) is 2.25. The summed E-state index contributed by atoms with van der Waals surface area (Å²) < 4.78 is 44.5. The summed E-state index contributed by atoms with van der Waals surface area (Å²) in [5, 5.41) is 3.80. The van der Waals surface area contributed by atoms with E-state index < -0.39 is 12.6 Å². The van der Waals surface area contributed by atoms with E-state index in [1.165, 1.54) is 25.3 Å². The largest absolute Gasteiger partial charge is 0.493 e.